The number of carbonyl (C=O) groups is 3. The average molecular weight is 286 g/mol. The lowest BCUT2D eigenvalue weighted by molar-refractivity contribution is -0.155. The summed E-state index contributed by atoms with van der Waals surface area (Å²) >= 11 is 0. The minimum absolute atomic E-state index is 0.0223. The normalized spacial score (nSPS) is 10.6. The van der Waals surface area contributed by atoms with Crippen molar-refractivity contribution in [2.75, 3.05) is 13.7 Å². The van der Waals surface area contributed by atoms with Crippen LogP contribution in [0, 0.1) is 0 Å². The van der Waals surface area contributed by atoms with E-state index in [1.807, 2.05) is 0 Å². The highest BCUT2D eigenvalue weighted by Gasteiger charge is 2.16. The lowest BCUT2D eigenvalue weighted by Gasteiger charge is -2.19. The molecule has 0 amide bonds. The highest BCUT2D eigenvalue weighted by Crippen LogP contribution is 2.09. The first-order valence-electron chi connectivity index (χ1n) is 6.29. The van der Waals surface area contributed by atoms with Crippen LogP contribution in [0.25, 0.3) is 0 Å². The van der Waals surface area contributed by atoms with E-state index in [2.05, 4.69) is 11.3 Å². The SMILES string of the molecule is C=C(CC(=O)OC)C(=O)OCCCC(=O)OC(C)(C)C. The molecule has 0 aliphatic rings. The van der Waals surface area contributed by atoms with Crippen LogP contribution in [0.15, 0.2) is 12.2 Å². The second kappa shape index (κ2) is 8.35. The second-order valence-electron chi connectivity index (χ2n) is 5.18. The third kappa shape index (κ3) is 9.13. The highest BCUT2D eigenvalue weighted by molar-refractivity contribution is 5.93. The topological polar surface area (TPSA) is 78.9 Å². The van der Waals surface area contributed by atoms with Gasteiger partial charge in [0.25, 0.3) is 0 Å². The average Bonchev–Trinajstić information content (AvgIpc) is 2.31. The summed E-state index contributed by atoms with van der Waals surface area (Å²) in [5, 5.41) is 0. The number of ether oxygens (including phenoxy) is 3. The van der Waals surface area contributed by atoms with Crippen molar-refractivity contribution in [3.63, 3.8) is 0 Å². The van der Waals surface area contributed by atoms with Gasteiger partial charge in [-0.1, -0.05) is 6.58 Å². The minimum atomic E-state index is -0.667. The number of hydrogen-bond donors (Lipinski definition) is 0. The fourth-order valence-corrected chi connectivity index (χ4v) is 1.19. The van der Waals surface area contributed by atoms with Crippen LogP contribution in [-0.4, -0.2) is 37.2 Å². The van der Waals surface area contributed by atoms with E-state index in [-0.39, 0.29) is 31.0 Å². The Morgan fingerprint density at radius 1 is 1.10 bits per heavy atom. The van der Waals surface area contributed by atoms with Crippen molar-refractivity contribution in [1.82, 2.24) is 0 Å². The molecular weight excluding hydrogens is 264 g/mol. The van der Waals surface area contributed by atoms with Gasteiger partial charge in [-0.3, -0.25) is 9.59 Å². The predicted octanol–water partition coefficient (Wildman–Crippen LogP) is 1.77. The molecule has 0 saturated carbocycles. The van der Waals surface area contributed by atoms with Crippen LogP contribution in [0.5, 0.6) is 0 Å². The van der Waals surface area contributed by atoms with Crippen LogP contribution in [0.4, 0.5) is 0 Å². The van der Waals surface area contributed by atoms with E-state index >= 15 is 0 Å². The van der Waals surface area contributed by atoms with Crippen molar-refractivity contribution < 1.29 is 28.6 Å². The summed E-state index contributed by atoms with van der Waals surface area (Å²) in [7, 11) is 1.22. The van der Waals surface area contributed by atoms with Gasteiger partial charge in [0.2, 0.25) is 0 Å². The molecule has 0 aromatic carbocycles. The molecule has 0 radical (unpaired) electrons. The van der Waals surface area contributed by atoms with E-state index < -0.39 is 17.5 Å². The Bertz CT molecular complexity index is 378. The highest BCUT2D eigenvalue weighted by atomic mass is 16.6. The maximum atomic E-state index is 11.4. The molecule has 6 heteroatoms. The Balaban J connectivity index is 3.85. The molecule has 0 rings (SSSR count). The molecule has 0 bridgehead atoms. The summed E-state index contributed by atoms with van der Waals surface area (Å²) in [5.74, 6) is -1.57. The van der Waals surface area contributed by atoms with E-state index in [0.29, 0.717) is 6.42 Å². The fourth-order valence-electron chi connectivity index (χ4n) is 1.19. The third-order valence-electron chi connectivity index (χ3n) is 2.05. The lowest BCUT2D eigenvalue weighted by Crippen LogP contribution is -2.24. The van der Waals surface area contributed by atoms with Crippen molar-refractivity contribution >= 4 is 17.9 Å². The van der Waals surface area contributed by atoms with Crippen LogP contribution in [0.3, 0.4) is 0 Å². The van der Waals surface area contributed by atoms with Gasteiger partial charge in [-0.15, -0.1) is 0 Å². The molecule has 0 N–H and O–H groups in total. The Hall–Kier alpha value is -1.85. The fraction of sp³-hybridized carbons (Fsp3) is 0.643. The zero-order valence-electron chi connectivity index (χ0n) is 12.5. The van der Waals surface area contributed by atoms with Gasteiger partial charge in [0, 0.05) is 12.0 Å². The quantitative estimate of drug-likeness (QED) is 0.307. The first-order chi connectivity index (χ1) is 9.15. The van der Waals surface area contributed by atoms with Crippen molar-refractivity contribution in [3.8, 4) is 0 Å². The molecule has 0 atom stereocenters. The van der Waals surface area contributed by atoms with Crippen molar-refractivity contribution in [2.45, 2.75) is 45.6 Å². The van der Waals surface area contributed by atoms with Gasteiger partial charge in [0.05, 0.1) is 20.1 Å². The van der Waals surface area contributed by atoms with Crippen molar-refractivity contribution in [1.29, 1.82) is 0 Å². The molecule has 0 saturated heterocycles. The van der Waals surface area contributed by atoms with Crippen LogP contribution >= 0.6 is 0 Å². The zero-order valence-corrected chi connectivity index (χ0v) is 12.5. The molecule has 0 aromatic heterocycles. The zero-order chi connectivity index (χ0) is 15.8. The monoisotopic (exact) mass is 286 g/mol. The number of carbonyl (C=O) groups excluding carboxylic acids is 3. The molecule has 0 aliphatic heterocycles. The third-order valence-corrected chi connectivity index (χ3v) is 2.05. The van der Waals surface area contributed by atoms with Gasteiger partial charge in [-0.25, -0.2) is 4.79 Å². The van der Waals surface area contributed by atoms with Gasteiger partial charge in [0.1, 0.15) is 5.60 Å². The van der Waals surface area contributed by atoms with Crippen LogP contribution in [-0.2, 0) is 28.6 Å². The molecule has 0 fully saturated rings. The molecule has 114 valence electrons. The minimum Gasteiger partial charge on any atom is -0.469 e. The summed E-state index contributed by atoms with van der Waals surface area (Å²) in [5.41, 5.74) is -0.503. The molecule has 20 heavy (non-hydrogen) atoms. The standard InChI is InChI=1S/C14H22O6/c1-10(9-12(16)18-5)13(17)19-8-6-7-11(15)20-14(2,3)4/h1,6-9H2,2-5H3. The summed E-state index contributed by atoms with van der Waals surface area (Å²) in [6.07, 6.45) is 0.307. The van der Waals surface area contributed by atoms with E-state index in [9.17, 15) is 14.4 Å². The van der Waals surface area contributed by atoms with Crippen LogP contribution in [0.1, 0.15) is 40.0 Å². The van der Waals surface area contributed by atoms with Crippen LogP contribution in [0.2, 0.25) is 0 Å². The van der Waals surface area contributed by atoms with E-state index in [1.165, 1.54) is 7.11 Å². The lowest BCUT2D eigenvalue weighted by atomic mass is 10.2. The summed E-state index contributed by atoms with van der Waals surface area (Å²) in [6, 6.07) is 0. The predicted molar refractivity (Wildman–Crippen MR) is 71.8 cm³/mol. The molecule has 0 aromatic rings. The number of methoxy groups -OCH3 is 1. The smallest absolute Gasteiger partial charge is 0.333 e. The molecule has 6 nitrogen and oxygen atoms in total. The molecule has 0 unspecified atom stereocenters. The molecule has 0 aliphatic carbocycles. The molecule has 0 spiro atoms. The second-order valence-corrected chi connectivity index (χ2v) is 5.18. The van der Waals surface area contributed by atoms with Crippen molar-refractivity contribution in [2.24, 2.45) is 0 Å². The van der Waals surface area contributed by atoms with Crippen molar-refractivity contribution in [3.05, 3.63) is 12.2 Å². The first kappa shape index (κ1) is 18.1. The van der Waals surface area contributed by atoms with E-state index in [1.54, 1.807) is 20.8 Å². The Kier molecular flexibility index (Phi) is 7.57. The maximum absolute atomic E-state index is 11.4. The van der Waals surface area contributed by atoms with Gasteiger partial charge >= 0.3 is 17.9 Å². The first-order valence-corrected chi connectivity index (χ1v) is 6.29. The van der Waals surface area contributed by atoms with Gasteiger partial charge in [0.15, 0.2) is 0 Å². The Morgan fingerprint density at radius 3 is 2.20 bits per heavy atom. The van der Waals surface area contributed by atoms with Gasteiger partial charge < -0.3 is 14.2 Å². The number of esters is 3. The Labute approximate surface area is 119 Å². The number of hydrogen-bond acceptors (Lipinski definition) is 6. The largest absolute Gasteiger partial charge is 0.469 e. The maximum Gasteiger partial charge on any atom is 0.333 e. The summed E-state index contributed by atoms with van der Waals surface area (Å²) < 4.78 is 14.4. The van der Waals surface area contributed by atoms with Gasteiger partial charge in [-0.2, -0.15) is 0 Å². The molecular formula is C14H22O6. The Morgan fingerprint density at radius 2 is 1.70 bits per heavy atom. The van der Waals surface area contributed by atoms with E-state index in [0.717, 1.165) is 0 Å². The van der Waals surface area contributed by atoms with E-state index in [4.69, 9.17) is 9.47 Å². The summed E-state index contributed by atoms with van der Waals surface area (Å²) in [4.78, 5) is 33.7. The van der Waals surface area contributed by atoms with Crippen LogP contribution < -0.4 is 0 Å². The molecule has 0 heterocycles. The number of rotatable bonds is 7. The van der Waals surface area contributed by atoms with Gasteiger partial charge in [-0.05, 0) is 27.2 Å². The summed E-state index contributed by atoms with van der Waals surface area (Å²) in [6.45, 7) is 8.84.